The Morgan fingerprint density at radius 3 is 2.38 bits per heavy atom. The van der Waals surface area contributed by atoms with Crippen LogP contribution < -0.4 is 12.4 Å². The van der Waals surface area contributed by atoms with Crippen LogP contribution in [0.1, 0.15) is 39.0 Å². The van der Waals surface area contributed by atoms with Gasteiger partial charge in [0.05, 0.1) is 13.2 Å². The first kappa shape index (κ1) is 24.4. The van der Waals surface area contributed by atoms with Gasteiger partial charge in [0.1, 0.15) is 35.9 Å². The highest BCUT2D eigenvalue weighted by molar-refractivity contribution is 7.97. The maximum absolute atomic E-state index is 10.3. The molecule has 0 aromatic carbocycles. The van der Waals surface area contributed by atoms with E-state index < -0.39 is 40.6 Å². The van der Waals surface area contributed by atoms with Gasteiger partial charge in [-0.2, -0.15) is 0 Å². The quantitative estimate of drug-likeness (QED) is 0.175. The van der Waals surface area contributed by atoms with E-state index >= 15 is 0 Å². The van der Waals surface area contributed by atoms with Crippen molar-refractivity contribution in [1.82, 2.24) is 0 Å². The third kappa shape index (κ3) is 7.74. The van der Waals surface area contributed by atoms with E-state index in [4.69, 9.17) is 4.74 Å². The fourth-order valence-corrected chi connectivity index (χ4v) is 5.55. The monoisotopic (exact) mass is 388 g/mol. The number of ether oxygens (including phenoxy) is 1. The zero-order valence-electron chi connectivity index (χ0n) is 14.4. The first-order valence-corrected chi connectivity index (χ1v) is 10.2. The average Bonchev–Trinajstić information content (AvgIpc) is 2.80. The normalized spacial score (nSPS) is 29.2. The van der Waals surface area contributed by atoms with Crippen molar-refractivity contribution < 1.29 is 42.7 Å². The molecule has 2 unspecified atom stereocenters. The van der Waals surface area contributed by atoms with Gasteiger partial charge >= 0.3 is 0 Å². The van der Waals surface area contributed by atoms with Crippen LogP contribution in [0, 0.1) is 0 Å². The Morgan fingerprint density at radius 1 is 1.12 bits per heavy atom. The van der Waals surface area contributed by atoms with Gasteiger partial charge in [0.15, 0.2) is 5.25 Å². The highest BCUT2D eigenvalue weighted by Crippen LogP contribution is 2.25. The molecule has 5 N–H and O–H groups in total. The van der Waals surface area contributed by atoms with Gasteiger partial charge in [0.25, 0.3) is 0 Å². The van der Waals surface area contributed by atoms with Crippen LogP contribution in [0.3, 0.4) is 0 Å². The molecule has 0 aromatic rings. The third-order valence-corrected chi connectivity index (χ3v) is 7.17. The van der Waals surface area contributed by atoms with Crippen LogP contribution in [0.25, 0.3) is 0 Å². The standard InChI is InChI=1S/C16H33O6S.ClH/c1-2-3-4-5-6-7-22-14(8-17)12(19)10-23-11-13(20)16(21)15(23)9-18;/h12-21H,2-11H2,1H3;1H/q+1;/p-1/t12?,13-,14+,15-,16+,23?;/m1./s1. The molecule has 1 fully saturated rings. The maximum Gasteiger partial charge on any atom is 0.169 e. The number of unbranched alkanes of at least 4 members (excludes halogenated alkanes) is 4. The molecule has 1 saturated heterocycles. The minimum Gasteiger partial charge on any atom is -1.00 e. The molecular weight excluding hydrogens is 356 g/mol. The molecule has 8 heteroatoms. The summed E-state index contributed by atoms with van der Waals surface area (Å²) in [5.41, 5.74) is 0. The first-order valence-electron chi connectivity index (χ1n) is 8.58. The van der Waals surface area contributed by atoms with Crippen LogP contribution in [0.4, 0.5) is 0 Å². The zero-order valence-corrected chi connectivity index (χ0v) is 16.0. The van der Waals surface area contributed by atoms with E-state index in [0.717, 1.165) is 12.8 Å². The third-order valence-electron chi connectivity index (χ3n) is 4.34. The van der Waals surface area contributed by atoms with Crippen LogP contribution in [-0.4, -0.2) is 86.5 Å². The van der Waals surface area contributed by atoms with E-state index in [1.165, 1.54) is 19.3 Å². The van der Waals surface area contributed by atoms with Gasteiger partial charge in [-0.25, -0.2) is 0 Å². The molecule has 0 amide bonds. The lowest BCUT2D eigenvalue weighted by atomic mass is 10.1. The molecule has 6 atom stereocenters. The lowest BCUT2D eigenvalue weighted by Gasteiger charge is -2.22. The van der Waals surface area contributed by atoms with Gasteiger partial charge in [0, 0.05) is 17.5 Å². The summed E-state index contributed by atoms with van der Waals surface area (Å²) in [6.07, 6.45) is 2.25. The molecule has 0 radical (unpaired) electrons. The van der Waals surface area contributed by atoms with Crippen LogP contribution in [0.15, 0.2) is 0 Å². The summed E-state index contributed by atoms with van der Waals surface area (Å²) in [7, 11) is -0.480. The van der Waals surface area contributed by atoms with Gasteiger partial charge in [-0.1, -0.05) is 32.6 Å². The molecule has 24 heavy (non-hydrogen) atoms. The van der Waals surface area contributed by atoms with E-state index in [9.17, 15) is 25.5 Å². The lowest BCUT2D eigenvalue weighted by Crippen LogP contribution is -3.00. The largest absolute Gasteiger partial charge is 1.00 e. The van der Waals surface area contributed by atoms with E-state index in [0.29, 0.717) is 18.1 Å². The van der Waals surface area contributed by atoms with E-state index in [2.05, 4.69) is 6.92 Å². The maximum atomic E-state index is 10.3. The Hall–Kier alpha value is 0.400. The van der Waals surface area contributed by atoms with Gasteiger partial charge in [-0.05, 0) is 6.42 Å². The van der Waals surface area contributed by atoms with Gasteiger partial charge in [0.2, 0.25) is 0 Å². The summed E-state index contributed by atoms with van der Waals surface area (Å²) < 4.78 is 5.58. The molecular formula is C16H33ClO6S. The number of hydrogen-bond donors (Lipinski definition) is 5. The van der Waals surface area contributed by atoms with Crippen LogP contribution in [0.2, 0.25) is 0 Å². The van der Waals surface area contributed by atoms with Crippen molar-refractivity contribution in [2.75, 3.05) is 31.3 Å². The molecule has 146 valence electrons. The summed E-state index contributed by atoms with van der Waals surface area (Å²) in [5, 5.41) is 48.1. The molecule has 0 spiro atoms. The number of aliphatic hydroxyl groups is 5. The number of halogens is 1. The van der Waals surface area contributed by atoms with Crippen molar-refractivity contribution in [2.24, 2.45) is 0 Å². The van der Waals surface area contributed by atoms with Crippen molar-refractivity contribution in [2.45, 2.75) is 68.7 Å². The van der Waals surface area contributed by atoms with E-state index in [1.54, 1.807) is 0 Å². The molecule has 0 aromatic heterocycles. The molecule has 1 rings (SSSR count). The Morgan fingerprint density at radius 2 is 1.79 bits per heavy atom. The second kappa shape index (κ2) is 13.6. The molecule has 0 bridgehead atoms. The van der Waals surface area contributed by atoms with Crippen molar-refractivity contribution in [3.05, 3.63) is 0 Å². The number of aliphatic hydroxyl groups excluding tert-OH is 5. The van der Waals surface area contributed by atoms with Crippen LogP contribution in [0.5, 0.6) is 0 Å². The van der Waals surface area contributed by atoms with E-state index in [1.807, 2.05) is 0 Å². The predicted octanol–water partition coefficient (Wildman–Crippen LogP) is -3.59. The second-order valence-corrected chi connectivity index (χ2v) is 8.57. The minimum atomic E-state index is -0.942. The molecule has 1 aliphatic rings. The van der Waals surface area contributed by atoms with Crippen LogP contribution in [-0.2, 0) is 15.6 Å². The van der Waals surface area contributed by atoms with Gasteiger partial charge < -0.3 is 42.7 Å². The Kier molecular flexibility index (Phi) is 13.8. The fourth-order valence-electron chi connectivity index (χ4n) is 2.84. The molecule has 0 saturated carbocycles. The Bertz CT molecular complexity index is 312. The smallest absolute Gasteiger partial charge is 0.169 e. The van der Waals surface area contributed by atoms with Crippen molar-refractivity contribution >= 4 is 10.9 Å². The highest BCUT2D eigenvalue weighted by Gasteiger charge is 2.50. The molecule has 6 nitrogen and oxygen atoms in total. The lowest BCUT2D eigenvalue weighted by molar-refractivity contribution is -0.0555. The van der Waals surface area contributed by atoms with Gasteiger partial charge in [-0.15, -0.1) is 0 Å². The fraction of sp³-hybridized carbons (Fsp3) is 1.00. The molecule has 1 heterocycles. The first-order chi connectivity index (χ1) is 11.0. The summed E-state index contributed by atoms with van der Waals surface area (Å²) in [6.45, 7) is 2.19. The Labute approximate surface area is 154 Å². The highest BCUT2D eigenvalue weighted by atomic mass is 35.5. The Balaban J connectivity index is 0.00000529. The van der Waals surface area contributed by atoms with Crippen molar-refractivity contribution in [1.29, 1.82) is 0 Å². The van der Waals surface area contributed by atoms with E-state index in [-0.39, 0.29) is 25.6 Å². The SMILES string of the molecule is CCCCCCCO[C@@H](CO)C(O)C[S+]1C[C@@H](O)[C@H](O)[C@H]1CO.[Cl-]. The molecule has 1 aliphatic heterocycles. The van der Waals surface area contributed by atoms with Gasteiger partial charge in [-0.3, -0.25) is 0 Å². The topological polar surface area (TPSA) is 110 Å². The zero-order chi connectivity index (χ0) is 17.2. The number of hydrogen-bond acceptors (Lipinski definition) is 6. The summed E-state index contributed by atoms with van der Waals surface area (Å²) in [5.74, 6) is 0.693. The van der Waals surface area contributed by atoms with Crippen LogP contribution >= 0.6 is 0 Å². The van der Waals surface area contributed by atoms with Crippen molar-refractivity contribution in [3.63, 3.8) is 0 Å². The summed E-state index contributed by atoms with van der Waals surface area (Å²) >= 11 is 0. The second-order valence-electron chi connectivity index (χ2n) is 6.22. The van der Waals surface area contributed by atoms with Crippen molar-refractivity contribution in [3.8, 4) is 0 Å². The summed E-state index contributed by atoms with van der Waals surface area (Å²) in [6, 6.07) is 0. The minimum absolute atomic E-state index is 0. The number of rotatable bonds is 12. The molecule has 0 aliphatic carbocycles. The average molecular weight is 389 g/mol. The summed E-state index contributed by atoms with van der Waals surface area (Å²) in [4.78, 5) is 0. The predicted molar refractivity (Wildman–Crippen MR) is 91.6 cm³/mol.